The van der Waals surface area contributed by atoms with Gasteiger partial charge in [0, 0.05) is 31.2 Å². The Hall–Kier alpha value is -2.41. The van der Waals surface area contributed by atoms with E-state index in [1.54, 1.807) is 6.07 Å². The number of fused-ring (bicyclic) bond motifs is 3. The maximum absolute atomic E-state index is 12.8. The second kappa shape index (κ2) is 7.86. The van der Waals surface area contributed by atoms with Crippen molar-refractivity contribution in [1.29, 1.82) is 0 Å². The Bertz CT molecular complexity index is 718. The van der Waals surface area contributed by atoms with Crippen LogP contribution in [0.1, 0.15) is 40.7 Å². The van der Waals surface area contributed by atoms with Gasteiger partial charge < -0.3 is 24.9 Å². The Morgan fingerprint density at radius 1 is 1.50 bits per heavy atom. The molecule has 2 amide bonds. The highest BCUT2D eigenvalue weighted by Crippen LogP contribution is 2.39. The van der Waals surface area contributed by atoms with Crippen LogP contribution in [0.3, 0.4) is 0 Å². The molecule has 0 saturated carbocycles. The zero-order valence-electron chi connectivity index (χ0n) is 14.9. The van der Waals surface area contributed by atoms with Gasteiger partial charge in [-0.25, -0.2) is 0 Å². The molecule has 2 aliphatic heterocycles. The highest BCUT2D eigenvalue weighted by molar-refractivity contribution is 6.02. The first-order valence-corrected chi connectivity index (χ1v) is 8.95. The number of aliphatic hydroxyl groups excluding tert-OH is 1. The Morgan fingerprint density at radius 3 is 3.00 bits per heavy atom. The molecule has 0 saturated heterocycles. The Kier molecular flexibility index (Phi) is 5.56. The van der Waals surface area contributed by atoms with Crippen LogP contribution in [0.4, 0.5) is 0 Å². The zero-order valence-corrected chi connectivity index (χ0v) is 14.9. The number of hydrogen-bond acceptors (Lipinski definition) is 5. The predicted octanol–water partition coefficient (Wildman–Crippen LogP) is 0.670. The average molecular weight is 360 g/mol. The lowest BCUT2D eigenvalue weighted by atomic mass is 9.91. The van der Waals surface area contributed by atoms with Gasteiger partial charge in [-0.2, -0.15) is 0 Å². The van der Waals surface area contributed by atoms with Gasteiger partial charge in [0.1, 0.15) is 18.1 Å². The highest BCUT2D eigenvalue weighted by atomic mass is 16.5. The fraction of sp³-hybridized carbons (Fsp3) is 0.526. The molecule has 1 aromatic rings. The Morgan fingerprint density at radius 2 is 2.31 bits per heavy atom. The van der Waals surface area contributed by atoms with Crippen molar-refractivity contribution in [2.45, 2.75) is 38.3 Å². The first-order chi connectivity index (χ1) is 12.6. The molecule has 2 N–H and O–H groups in total. The fourth-order valence-corrected chi connectivity index (χ4v) is 3.78. The maximum Gasteiger partial charge on any atom is 0.255 e. The van der Waals surface area contributed by atoms with Gasteiger partial charge in [-0.05, 0) is 36.8 Å². The number of rotatable bonds is 7. The molecule has 0 radical (unpaired) electrons. The fourth-order valence-electron chi connectivity index (χ4n) is 3.78. The van der Waals surface area contributed by atoms with Crippen molar-refractivity contribution in [3.63, 3.8) is 0 Å². The van der Waals surface area contributed by atoms with Gasteiger partial charge >= 0.3 is 0 Å². The normalized spacial score (nSPS) is 19.4. The summed E-state index contributed by atoms with van der Waals surface area (Å²) in [6.45, 7) is 0.951. The minimum Gasteiger partial charge on any atom is -0.493 e. The van der Waals surface area contributed by atoms with E-state index in [1.807, 2.05) is 6.07 Å². The molecule has 3 rings (SSSR count). The highest BCUT2D eigenvalue weighted by Gasteiger charge is 2.38. The van der Waals surface area contributed by atoms with Crippen LogP contribution < -0.4 is 10.1 Å². The number of carbonyl (C=O) groups is 3. The summed E-state index contributed by atoms with van der Waals surface area (Å²) in [5.74, 6) is 0.526. The number of amides is 2. The van der Waals surface area contributed by atoms with Crippen LogP contribution in [-0.4, -0.2) is 54.4 Å². The lowest BCUT2D eigenvalue weighted by Gasteiger charge is -2.27. The average Bonchev–Trinajstić information content (AvgIpc) is 2.99. The van der Waals surface area contributed by atoms with Crippen molar-refractivity contribution in [2.75, 3.05) is 20.3 Å². The Balaban J connectivity index is 1.87. The number of aliphatic hydroxyl groups is 1. The number of ether oxygens (including phenoxy) is 1. The van der Waals surface area contributed by atoms with E-state index in [9.17, 15) is 14.4 Å². The van der Waals surface area contributed by atoms with E-state index in [-0.39, 0.29) is 30.8 Å². The molecule has 2 heterocycles. The largest absolute Gasteiger partial charge is 0.493 e. The molecule has 7 nitrogen and oxygen atoms in total. The first-order valence-electron chi connectivity index (χ1n) is 8.95. The molecule has 0 spiro atoms. The molecule has 1 aromatic carbocycles. The van der Waals surface area contributed by atoms with Gasteiger partial charge in [0.25, 0.3) is 5.91 Å². The predicted molar refractivity (Wildman–Crippen MR) is 93.9 cm³/mol. The number of likely N-dealkylation sites (N-methyl/N-ethyl adjacent to an activating group) is 1. The van der Waals surface area contributed by atoms with Gasteiger partial charge in [0.15, 0.2) is 0 Å². The second-order valence-electron chi connectivity index (χ2n) is 6.78. The number of nitrogens with zero attached hydrogens (tertiary/aromatic N) is 1. The maximum atomic E-state index is 12.8. The molecule has 0 bridgehead atoms. The quantitative estimate of drug-likeness (QED) is 0.697. The molecule has 0 fully saturated rings. The summed E-state index contributed by atoms with van der Waals surface area (Å²) in [4.78, 5) is 37.3. The van der Waals surface area contributed by atoms with Gasteiger partial charge in [0.2, 0.25) is 5.91 Å². The summed E-state index contributed by atoms with van der Waals surface area (Å²) < 4.78 is 5.93. The van der Waals surface area contributed by atoms with Crippen molar-refractivity contribution in [3.05, 3.63) is 28.8 Å². The number of benzene rings is 1. The van der Waals surface area contributed by atoms with Crippen molar-refractivity contribution < 1.29 is 24.2 Å². The zero-order chi connectivity index (χ0) is 18.7. The molecule has 2 atom stereocenters. The van der Waals surface area contributed by atoms with Crippen molar-refractivity contribution in [3.8, 4) is 5.75 Å². The summed E-state index contributed by atoms with van der Waals surface area (Å²) >= 11 is 0. The smallest absolute Gasteiger partial charge is 0.255 e. The first kappa shape index (κ1) is 18.4. The van der Waals surface area contributed by atoms with E-state index in [0.717, 1.165) is 29.6 Å². The van der Waals surface area contributed by atoms with E-state index in [4.69, 9.17) is 9.84 Å². The van der Waals surface area contributed by atoms with Gasteiger partial charge in [-0.15, -0.1) is 0 Å². The molecule has 2 aliphatic rings. The van der Waals surface area contributed by atoms with Crippen LogP contribution in [0.25, 0.3) is 0 Å². The molecular formula is C19H24N2O5. The number of hydrogen-bond donors (Lipinski definition) is 2. The number of aldehydes is 1. The van der Waals surface area contributed by atoms with Gasteiger partial charge in [-0.3, -0.25) is 9.59 Å². The van der Waals surface area contributed by atoms with Gasteiger partial charge in [-0.1, -0.05) is 6.07 Å². The van der Waals surface area contributed by atoms with E-state index in [0.29, 0.717) is 31.6 Å². The number of nitrogens with one attached hydrogen (secondary N) is 1. The molecule has 140 valence electrons. The lowest BCUT2D eigenvalue weighted by Crippen LogP contribution is -2.46. The molecule has 26 heavy (non-hydrogen) atoms. The third-order valence-corrected chi connectivity index (χ3v) is 5.15. The summed E-state index contributed by atoms with van der Waals surface area (Å²) in [5, 5.41) is 11.7. The van der Waals surface area contributed by atoms with Crippen molar-refractivity contribution in [2.24, 2.45) is 5.92 Å². The second-order valence-corrected chi connectivity index (χ2v) is 6.78. The van der Waals surface area contributed by atoms with Gasteiger partial charge in [0.05, 0.1) is 13.2 Å². The monoisotopic (exact) mass is 360 g/mol. The minimum absolute atomic E-state index is 0.130. The summed E-state index contributed by atoms with van der Waals surface area (Å²) in [7, 11) is 1.52. The van der Waals surface area contributed by atoms with E-state index in [1.165, 1.54) is 11.9 Å². The SMILES string of the molecule is CNC(=O)C(CCC=O)N1Cc2c(ccc3c2OCC(CCO)C3)C1=O. The summed E-state index contributed by atoms with van der Waals surface area (Å²) in [6, 6.07) is 3.02. The van der Waals surface area contributed by atoms with E-state index in [2.05, 4.69) is 5.32 Å². The topological polar surface area (TPSA) is 95.9 Å². The van der Waals surface area contributed by atoms with Crippen LogP contribution >= 0.6 is 0 Å². The van der Waals surface area contributed by atoms with E-state index < -0.39 is 6.04 Å². The van der Waals surface area contributed by atoms with Crippen LogP contribution in [-0.2, 0) is 22.6 Å². The van der Waals surface area contributed by atoms with Crippen molar-refractivity contribution in [1.82, 2.24) is 10.2 Å². The molecule has 0 aliphatic carbocycles. The third kappa shape index (κ3) is 3.31. The molecule has 2 unspecified atom stereocenters. The Labute approximate surface area is 152 Å². The van der Waals surface area contributed by atoms with Crippen LogP contribution in [0, 0.1) is 5.92 Å². The third-order valence-electron chi connectivity index (χ3n) is 5.15. The van der Waals surface area contributed by atoms with Crippen molar-refractivity contribution >= 4 is 18.1 Å². The summed E-state index contributed by atoms with van der Waals surface area (Å²) in [6.07, 6.45) is 2.77. The standard InChI is InChI=1S/C19H24N2O5/c1-20-18(24)16(3-2-7-22)21-10-15-14(19(21)25)5-4-13-9-12(6-8-23)11-26-17(13)15/h4-5,7,12,16,23H,2-3,6,8-11H2,1H3,(H,20,24). The lowest BCUT2D eigenvalue weighted by molar-refractivity contribution is -0.125. The van der Waals surface area contributed by atoms with Crippen LogP contribution in [0.15, 0.2) is 12.1 Å². The summed E-state index contributed by atoms with van der Waals surface area (Å²) in [5.41, 5.74) is 2.41. The van der Waals surface area contributed by atoms with Crippen LogP contribution in [0.5, 0.6) is 5.75 Å². The van der Waals surface area contributed by atoms with E-state index >= 15 is 0 Å². The molecule has 7 heteroatoms. The minimum atomic E-state index is -0.675. The molecule has 0 aromatic heterocycles. The van der Waals surface area contributed by atoms with Crippen LogP contribution in [0.2, 0.25) is 0 Å². The molecular weight excluding hydrogens is 336 g/mol. The number of carbonyl (C=O) groups excluding carboxylic acids is 3.